The van der Waals surface area contributed by atoms with Crippen LogP contribution in [0.25, 0.3) is 0 Å². The molecular formula is C5H6FNO. The summed E-state index contributed by atoms with van der Waals surface area (Å²) in [5.41, 5.74) is 0. The van der Waals surface area contributed by atoms with Crippen LogP contribution in [0.4, 0.5) is 9.18 Å². The molecule has 0 aliphatic carbocycles. The molecule has 0 radical (unpaired) electrons. The number of hydrogen-bond donors (Lipinski definition) is 0. The maximum absolute atomic E-state index is 11.7. The summed E-state index contributed by atoms with van der Waals surface area (Å²) in [5, 5.41) is 0. The summed E-state index contributed by atoms with van der Waals surface area (Å²) in [5.74, 6) is 0. The zero-order chi connectivity index (χ0) is 5.98. The molecule has 1 heterocycles. The molecule has 1 rings (SSSR count). The van der Waals surface area contributed by atoms with Gasteiger partial charge < -0.3 is 4.90 Å². The van der Waals surface area contributed by atoms with Crippen LogP contribution in [0, 0.1) is 0 Å². The number of rotatable bonds is 0. The van der Waals surface area contributed by atoms with E-state index in [2.05, 4.69) is 0 Å². The van der Waals surface area contributed by atoms with Crippen molar-refractivity contribution in [3.8, 4) is 0 Å². The molecule has 0 atom stereocenters. The topological polar surface area (TPSA) is 20.3 Å². The highest BCUT2D eigenvalue weighted by atomic mass is 19.1. The highest BCUT2D eigenvalue weighted by molar-refractivity contribution is 5.67. The molecule has 0 fully saturated rings. The molecule has 0 aromatic heterocycles. The lowest BCUT2D eigenvalue weighted by Crippen LogP contribution is -2.22. The van der Waals surface area contributed by atoms with E-state index in [0.29, 0.717) is 13.1 Å². The quantitative estimate of drug-likeness (QED) is 0.261. The molecule has 3 heteroatoms. The SMILES string of the molecule is O=C(F)N1CC=CC1. The third-order valence-electron chi connectivity index (χ3n) is 1.07. The first-order valence-corrected chi connectivity index (χ1v) is 2.40. The van der Waals surface area contributed by atoms with Crippen LogP contribution in [-0.2, 0) is 0 Å². The van der Waals surface area contributed by atoms with Crippen molar-refractivity contribution in [2.24, 2.45) is 0 Å². The number of hydrogen-bond acceptors (Lipinski definition) is 1. The van der Waals surface area contributed by atoms with Crippen molar-refractivity contribution < 1.29 is 9.18 Å². The van der Waals surface area contributed by atoms with Crippen molar-refractivity contribution in [1.29, 1.82) is 0 Å². The minimum Gasteiger partial charge on any atom is -0.307 e. The summed E-state index contributed by atoms with van der Waals surface area (Å²) in [4.78, 5) is 11.0. The number of carbonyl (C=O) groups is 1. The Kier molecular flexibility index (Phi) is 1.28. The Bertz CT molecular complexity index is 124. The van der Waals surface area contributed by atoms with E-state index in [-0.39, 0.29) is 0 Å². The summed E-state index contributed by atoms with van der Waals surface area (Å²) < 4.78 is 11.7. The second kappa shape index (κ2) is 1.94. The van der Waals surface area contributed by atoms with Crippen molar-refractivity contribution in [3.05, 3.63) is 12.2 Å². The van der Waals surface area contributed by atoms with Crippen LogP contribution in [0.3, 0.4) is 0 Å². The third kappa shape index (κ3) is 0.857. The molecule has 0 N–H and O–H groups in total. The molecular weight excluding hydrogens is 109 g/mol. The van der Waals surface area contributed by atoms with Crippen LogP contribution in [0.1, 0.15) is 0 Å². The van der Waals surface area contributed by atoms with E-state index < -0.39 is 6.16 Å². The first-order chi connectivity index (χ1) is 3.80. The third-order valence-corrected chi connectivity index (χ3v) is 1.07. The summed E-state index contributed by atoms with van der Waals surface area (Å²) in [7, 11) is 0. The van der Waals surface area contributed by atoms with Gasteiger partial charge in [-0.25, -0.2) is 4.79 Å². The first-order valence-electron chi connectivity index (χ1n) is 2.40. The maximum atomic E-state index is 11.7. The maximum Gasteiger partial charge on any atom is 0.400 e. The van der Waals surface area contributed by atoms with Crippen LogP contribution in [0.5, 0.6) is 0 Å². The number of nitrogens with zero attached hydrogens (tertiary/aromatic N) is 1. The molecule has 0 saturated heterocycles. The van der Waals surface area contributed by atoms with Gasteiger partial charge in [0.15, 0.2) is 0 Å². The zero-order valence-corrected chi connectivity index (χ0v) is 4.30. The van der Waals surface area contributed by atoms with Gasteiger partial charge >= 0.3 is 6.16 Å². The second-order valence-corrected chi connectivity index (χ2v) is 1.63. The predicted molar refractivity (Wildman–Crippen MR) is 27.2 cm³/mol. The highest BCUT2D eigenvalue weighted by Crippen LogP contribution is 1.99. The average Bonchev–Trinajstić information content (AvgIpc) is 2.12. The lowest BCUT2D eigenvalue weighted by molar-refractivity contribution is 0.187. The Labute approximate surface area is 46.6 Å². The van der Waals surface area contributed by atoms with E-state index in [9.17, 15) is 9.18 Å². The lowest BCUT2D eigenvalue weighted by atomic mass is 10.6. The van der Waals surface area contributed by atoms with Crippen molar-refractivity contribution >= 4 is 6.16 Å². The van der Waals surface area contributed by atoms with Crippen molar-refractivity contribution in [2.75, 3.05) is 13.1 Å². The first kappa shape index (κ1) is 5.28. The summed E-state index contributed by atoms with van der Waals surface area (Å²) in [6.07, 6.45) is 2.18. The smallest absolute Gasteiger partial charge is 0.307 e. The van der Waals surface area contributed by atoms with E-state index >= 15 is 0 Å². The molecule has 0 aromatic rings. The average molecular weight is 115 g/mol. The molecule has 0 aromatic carbocycles. The van der Waals surface area contributed by atoms with E-state index in [1.807, 2.05) is 0 Å². The minimum absolute atomic E-state index is 0.426. The van der Waals surface area contributed by atoms with Gasteiger partial charge in [-0.2, -0.15) is 0 Å². The molecule has 1 aliphatic rings. The van der Waals surface area contributed by atoms with Crippen LogP contribution < -0.4 is 0 Å². The van der Waals surface area contributed by atoms with Gasteiger partial charge in [-0.3, -0.25) is 0 Å². The van der Waals surface area contributed by atoms with Gasteiger partial charge in [-0.15, -0.1) is 4.39 Å². The number of carbonyl (C=O) groups excluding carboxylic acids is 1. The Morgan fingerprint density at radius 2 is 2.00 bits per heavy atom. The molecule has 8 heavy (non-hydrogen) atoms. The summed E-state index contributed by atoms with van der Waals surface area (Å²) in [6.45, 7) is 0.852. The van der Waals surface area contributed by atoms with Crippen LogP contribution in [0.2, 0.25) is 0 Å². The van der Waals surface area contributed by atoms with E-state index in [4.69, 9.17) is 0 Å². The van der Waals surface area contributed by atoms with Gasteiger partial charge in [0.1, 0.15) is 0 Å². The number of amides is 1. The molecule has 0 spiro atoms. The van der Waals surface area contributed by atoms with E-state index in [1.54, 1.807) is 12.2 Å². The van der Waals surface area contributed by atoms with Gasteiger partial charge in [0.25, 0.3) is 0 Å². The molecule has 2 nitrogen and oxygen atoms in total. The Hall–Kier alpha value is -0.860. The molecule has 0 bridgehead atoms. The molecule has 1 amide bonds. The molecule has 1 aliphatic heterocycles. The Morgan fingerprint density at radius 3 is 2.25 bits per heavy atom. The van der Waals surface area contributed by atoms with Crippen LogP contribution in [0.15, 0.2) is 12.2 Å². The lowest BCUT2D eigenvalue weighted by Gasteiger charge is -2.06. The fourth-order valence-corrected chi connectivity index (χ4v) is 0.622. The van der Waals surface area contributed by atoms with Crippen molar-refractivity contribution in [3.63, 3.8) is 0 Å². The van der Waals surface area contributed by atoms with Crippen LogP contribution in [-0.4, -0.2) is 24.2 Å². The van der Waals surface area contributed by atoms with Crippen molar-refractivity contribution in [1.82, 2.24) is 4.90 Å². The zero-order valence-electron chi connectivity index (χ0n) is 4.30. The molecule has 0 saturated carbocycles. The monoisotopic (exact) mass is 115 g/mol. The van der Waals surface area contributed by atoms with Crippen LogP contribution >= 0.6 is 0 Å². The largest absolute Gasteiger partial charge is 0.400 e. The second-order valence-electron chi connectivity index (χ2n) is 1.63. The fraction of sp³-hybridized carbons (Fsp3) is 0.400. The van der Waals surface area contributed by atoms with E-state index in [0.717, 1.165) is 4.90 Å². The van der Waals surface area contributed by atoms with Gasteiger partial charge in [0.2, 0.25) is 0 Å². The predicted octanol–water partition coefficient (Wildman–Crippen LogP) is 0.948. The summed E-state index contributed by atoms with van der Waals surface area (Å²) in [6, 6.07) is 0. The van der Waals surface area contributed by atoms with Crippen molar-refractivity contribution in [2.45, 2.75) is 0 Å². The summed E-state index contributed by atoms with van der Waals surface area (Å²) >= 11 is 0. The van der Waals surface area contributed by atoms with Gasteiger partial charge in [-0.05, 0) is 0 Å². The molecule has 0 unspecified atom stereocenters. The normalized spacial score (nSPS) is 17.4. The standard InChI is InChI=1S/C5H6FNO/c6-5(8)7-3-1-2-4-7/h1-2H,3-4H2. The minimum atomic E-state index is -1.34. The van der Waals surface area contributed by atoms with Gasteiger partial charge in [0, 0.05) is 13.1 Å². The van der Waals surface area contributed by atoms with Gasteiger partial charge in [-0.1, -0.05) is 12.2 Å². The fourth-order valence-electron chi connectivity index (χ4n) is 0.622. The Balaban J connectivity index is 2.41. The Morgan fingerprint density at radius 1 is 1.50 bits per heavy atom. The number of halogens is 1. The van der Waals surface area contributed by atoms with Gasteiger partial charge in [0.05, 0.1) is 0 Å². The highest BCUT2D eigenvalue weighted by Gasteiger charge is 2.11. The molecule has 44 valence electrons. The van der Waals surface area contributed by atoms with E-state index in [1.165, 1.54) is 0 Å².